The van der Waals surface area contributed by atoms with Gasteiger partial charge in [0.05, 0.1) is 14.2 Å². The minimum atomic E-state index is -2.83. The number of ether oxygens (including phenoxy) is 3. The number of carbonyl (C=O) groups excluding carboxylic acids is 1. The van der Waals surface area contributed by atoms with E-state index in [2.05, 4.69) is 9.64 Å². The maximum atomic E-state index is 13.0. The van der Waals surface area contributed by atoms with E-state index >= 15 is 0 Å². The van der Waals surface area contributed by atoms with Crippen LogP contribution in [0.25, 0.3) is 0 Å². The van der Waals surface area contributed by atoms with Crippen molar-refractivity contribution in [3.63, 3.8) is 0 Å². The van der Waals surface area contributed by atoms with Crippen LogP contribution in [-0.4, -0.2) is 44.6 Å². The fraction of sp³-hybridized carbons (Fsp3) is 0.409. The van der Waals surface area contributed by atoms with Gasteiger partial charge in [-0.2, -0.15) is 8.78 Å². The van der Waals surface area contributed by atoms with Crippen LogP contribution in [0.5, 0.6) is 17.2 Å². The van der Waals surface area contributed by atoms with E-state index in [1.807, 2.05) is 0 Å². The summed E-state index contributed by atoms with van der Waals surface area (Å²) in [6.45, 7) is -0.621. The molecule has 7 heteroatoms. The highest BCUT2D eigenvalue weighted by Gasteiger charge is 2.27. The minimum Gasteiger partial charge on any atom is -0.493 e. The number of alkyl halides is 2. The highest BCUT2D eigenvalue weighted by atomic mass is 19.3. The first-order valence-electron chi connectivity index (χ1n) is 9.52. The van der Waals surface area contributed by atoms with Crippen LogP contribution in [0.3, 0.4) is 0 Å². The average molecular weight is 405 g/mol. The topological polar surface area (TPSA) is 48.0 Å². The van der Waals surface area contributed by atoms with Crippen molar-refractivity contribution in [2.75, 3.05) is 27.3 Å². The van der Waals surface area contributed by atoms with Gasteiger partial charge in [0.1, 0.15) is 5.75 Å². The SMILES string of the molecule is COc1ccc(C(=O)C2CCCN(Cc3ccc(OC(F)F)cc3)C2)cc1OC. The van der Waals surface area contributed by atoms with Gasteiger partial charge < -0.3 is 14.2 Å². The molecule has 1 aliphatic heterocycles. The molecular formula is C22H25F2NO4. The zero-order valence-corrected chi connectivity index (χ0v) is 16.6. The maximum absolute atomic E-state index is 13.0. The molecule has 0 amide bonds. The normalized spacial score (nSPS) is 17.2. The molecule has 156 valence electrons. The number of methoxy groups -OCH3 is 2. The molecule has 0 spiro atoms. The predicted molar refractivity (Wildman–Crippen MR) is 105 cm³/mol. The molecule has 5 nitrogen and oxygen atoms in total. The Morgan fingerprint density at radius 3 is 2.48 bits per heavy atom. The molecule has 3 rings (SSSR count). The first kappa shape index (κ1) is 21.0. The van der Waals surface area contributed by atoms with E-state index in [0.29, 0.717) is 30.2 Å². The van der Waals surface area contributed by atoms with Crippen LogP contribution >= 0.6 is 0 Å². The largest absolute Gasteiger partial charge is 0.493 e. The number of nitrogens with zero attached hydrogens (tertiary/aromatic N) is 1. The molecule has 1 fully saturated rings. The van der Waals surface area contributed by atoms with Crippen molar-refractivity contribution in [2.45, 2.75) is 26.0 Å². The average Bonchev–Trinajstić information content (AvgIpc) is 2.74. The molecule has 2 aromatic carbocycles. The molecule has 0 saturated carbocycles. The summed E-state index contributed by atoms with van der Waals surface area (Å²) < 4.78 is 39.4. The summed E-state index contributed by atoms with van der Waals surface area (Å²) in [6.07, 6.45) is 1.76. The second-order valence-corrected chi connectivity index (χ2v) is 7.03. The smallest absolute Gasteiger partial charge is 0.387 e. The third-order valence-corrected chi connectivity index (χ3v) is 5.10. The van der Waals surface area contributed by atoms with E-state index in [4.69, 9.17) is 9.47 Å². The number of piperidine rings is 1. The lowest BCUT2D eigenvalue weighted by molar-refractivity contribution is -0.0498. The molecule has 1 unspecified atom stereocenters. The van der Waals surface area contributed by atoms with Gasteiger partial charge in [0, 0.05) is 24.6 Å². The summed E-state index contributed by atoms with van der Waals surface area (Å²) in [4.78, 5) is 15.2. The van der Waals surface area contributed by atoms with E-state index in [-0.39, 0.29) is 17.5 Å². The number of rotatable bonds is 8. The van der Waals surface area contributed by atoms with E-state index in [1.54, 1.807) is 44.6 Å². The number of halogens is 2. The lowest BCUT2D eigenvalue weighted by Gasteiger charge is -2.32. The molecule has 0 aliphatic carbocycles. The van der Waals surface area contributed by atoms with Gasteiger partial charge in [-0.05, 0) is 55.3 Å². The lowest BCUT2D eigenvalue weighted by Crippen LogP contribution is -2.38. The maximum Gasteiger partial charge on any atom is 0.387 e. The quantitative estimate of drug-likeness (QED) is 0.610. The fourth-order valence-corrected chi connectivity index (χ4v) is 3.67. The zero-order chi connectivity index (χ0) is 20.8. The summed E-state index contributed by atoms with van der Waals surface area (Å²) in [6, 6.07) is 11.9. The second kappa shape index (κ2) is 9.69. The summed E-state index contributed by atoms with van der Waals surface area (Å²) in [5.74, 6) is 1.27. The summed E-state index contributed by atoms with van der Waals surface area (Å²) in [5, 5.41) is 0. The van der Waals surface area contributed by atoms with Gasteiger partial charge in [-0.15, -0.1) is 0 Å². The highest BCUT2D eigenvalue weighted by Crippen LogP contribution is 2.30. The van der Waals surface area contributed by atoms with Crippen molar-refractivity contribution in [2.24, 2.45) is 5.92 Å². The van der Waals surface area contributed by atoms with Gasteiger partial charge >= 0.3 is 6.61 Å². The van der Waals surface area contributed by atoms with Crippen molar-refractivity contribution < 1.29 is 27.8 Å². The van der Waals surface area contributed by atoms with E-state index in [9.17, 15) is 13.6 Å². The Hall–Kier alpha value is -2.67. The third-order valence-electron chi connectivity index (χ3n) is 5.10. The molecule has 0 bridgehead atoms. The molecule has 1 atom stereocenters. The number of ketones is 1. The van der Waals surface area contributed by atoms with Crippen LogP contribution < -0.4 is 14.2 Å². The summed E-state index contributed by atoms with van der Waals surface area (Å²) in [5.41, 5.74) is 1.61. The zero-order valence-electron chi connectivity index (χ0n) is 16.6. The van der Waals surface area contributed by atoms with Gasteiger partial charge in [-0.1, -0.05) is 12.1 Å². The number of likely N-dealkylation sites (tertiary alicyclic amines) is 1. The molecule has 1 aliphatic rings. The van der Waals surface area contributed by atoms with Crippen LogP contribution in [-0.2, 0) is 6.54 Å². The van der Waals surface area contributed by atoms with Gasteiger partial charge in [0.2, 0.25) is 0 Å². The Labute approximate surface area is 169 Å². The van der Waals surface area contributed by atoms with Gasteiger partial charge in [0.15, 0.2) is 17.3 Å². The number of carbonyl (C=O) groups is 1. The predicted octanol–water partition coefficient (Wildman–Crippen LogP) is 4.40. The van der Waals surface area contributed by atoms with Gasteiger partial charge in [-0.3, -0.25) is 9.69 Å². The molecule has 29 heavy (non-hydrogen) atoms. The molecule has 0 radical (unpaired) electrons. The third kappa shape index (κ3) is 5.44. The van der Waals surface area contributed by atoms with E-state index in [0.717, 1.165) is 24.9 Å². The molecular weight excluding hydrogens is 380 g/mol. The monoisotopic (exact) mass is 405 g/mol. The van der Waals surface area contributed by atoms with Crippen molar-refractivity contribution in [1.82, 2.24) is 4.90 Å². The van der Waals surface area contributed by atoms with E-state index < -0.39 is 6.61 Å². The lowest BCUT2D eigenvalue weighted by atomic mass is 9.89. The van der Waals surface area contributed by atoms with Gasteiger partial charge in [-0.25, -0.2) is 0 Å². The van der Waals surface area contributed by atoms with Crippen LogP contribution in [0, 0.1) is 5.92 Å². The molecule has 0 N–H and O–H groups in total. The van der Waals surface area contributed by atoms with Gasteiger partial charge in [0.25, 0.3) is 0 Å². The first-order chi connectivity index (χ1) is 14.0. The summed E-state index contributed by atoms with van der Waals surface area (Å²) >= 11 is 0. The molecule has 0 aromatic heterocycles. The van der Waals surface area contributed by atoms with Crippen LogP contribution in [0.1, 0.15) is 28.8 Å². The minimum absolute atomic E-state index is 0.0938. The Morgan fingerprint density at radius 2 is 1.83 bits per heavy atom. The van der Waals surface area contributed by atoms with E-state index in [1.165, 1.54) is 12.1 Å². The fourth-order valence-electron chi connectivity index (χ4n) is 3.67. The van der Waals surface area contributed by atoms with Crippen molar-refractivity contribution >= 4 is 5.78 Å². The molecule has 2 aromatic rings. The Balaban J connectivity index is 1.63. The Morgan fingerprint density at radius 1 is 1.10 bits per heavy atom. The number of hydrogen-bond acceptors (Lipinski definition) is 5. The number of benzene rings is 2. The summed E-state index contributed by atoms with van der Waals surface area (Å²) in [7, 11) is 3.11. The van der Waals surface area contributed by atoms with Crippen molar-refractivity contribution in [3.05, 3.63) is 53.6 Å². The second-order valence-electron chi connectivity index (χ2n) is 7.03. The standard InChI is InChI=1S/C22H25F2NO4/c1-27-19-10-7-16(12-20(19)28-2)21(26)17-4-3-11-25(14-17)13-15-5-8-18(9-6-15)29-22(23)24/h5-10,12,17,22H,3-4,11,13-14H2,1-2H3. The molecule has 1 heterocycles. The van der Waals surface area contributed by atoms with Crippen LogP contribution in [0.4, 0.5) is 8.78 Å². The van der Waals surface area contributed by atoms with Crippen LogP contribution in [0.2, 0.25) is 0 Å². The Kier molecular flexibility index (Phi) is 7.04. The highest BCUT2D eigenvalue weighted by molar-refractivity contribution is 5.98. The van der Waals surface area contributed by atoms with Crippen molar-refractivity contribution in [3.8, 4) is 17.2 Å². The number of Topliss-reactive ketones (excluding diaryl/α,β-unsaturated/α-hetero) is 1. The Bertz CT molecular complexity index is 826. The van der Waals surface area contributed by atoms with Crippen molar-refractivity contribution in [1.29, 1.82) is 0 Å². The molecule has 1 saturated heterocycles. The first-order valence-corrected chi connectivity index (χ1v) is 9.52. The van der Waals surface area contributed by atoms with Crippen LogP contribution in [0.15, 0.2) is 42.5 Å². The number of hydrogen-bond donors (Lipinski definition) is 0.